The predicted octanol–water partition coefficient (Wildman–Crippen LogP) is 2.33. The van der Waals surface area contributed by atoms with Gasteiger partial charge in [0.15, 0.2) is 0 Å². The van der Waals surface area contributed by atoms with Crippen molar-refractivity contribution in [2.24, 2.45) is 5.92 Å². The summed E-state index contributed by atoms with van der Waals surface area (Å²) in [7, 11) is 0. The number of hydrogen-bond donors (Lipinski definition) is 2. The van der Waals surface area contributed by atoms with Crippen molar-refractivity contribution in [3.63, 3.8) is 0 Å². The fraction of sp³-hybridized carbons (Fsp3) is 0.529. The highest BCUT2D eigenvalue weighted by Crippen LogP contribution is 2.13. The van der Waals surface area contributed by atoms with E-state index in [1.807, 2.05) is 6.92 Å². The third-order valence-corrected chi connectivity index (χ3v) is 3.64. The van der Waals surface area contributed by atoms with E-state index >= 15 is 0 Å². The van der Waals surface area contributed by atoms with Gasteiger partial charge in [-0.2, -0.15) is 0 Å². The lowest BCUT2D eigenvalue weighted by molar-refractivity contribution is 0.0953. The molecule has 1 aliphatic rings. The molecule has 126 valence electrons. The molecule has 0 aliphatic carbocycles. The van der Waals surface area contributed by atoms with E-state index < -0.39 is 0 Å². The molecule has 2 rings (SSSR count). The van der Waals surface area contributed by atoms with E-state index in [-0.39, 0.29) is 11.9 Å². The van der Waals surface area contributed by atoms with Gasteiger partial charge in [0.05, 0.1) is 13.2 Å². The number of carbonyl (C=O) groups is 2. The molecule has 6 nitrogen and oxygen atoms in total. The van der Waals surface area contributed by atoms with Crippen LogP contribution in [-0.4, -0.2) is 49.7 Å². The minimum atomic E-state index is -0.159. The maximum absolute atomic E-state index is 12.4. The first-order valence-electron chi connectivity index (χ1n) is 8.12. The van der Waals surface area contributed by atoms with Gasteiger partial charge in [-0.15, -0.1) is 0 Å². The topological polar surface area (TPSA) is 70.7 Å². The summed E-state index contributed by atoms with van der Waals surface area (Å²) in [6, 6.07) is 6.83. The third-order valence-electron chi connectivity index (χ3n) is 3.64. The van der Waals surface area contributed by atoms with E-state index in [4.69, 9.17) is 4.74 Å². The van der Waals surface area contributed by atoms with Crippen molar-refractivity contribution in [2.45, 2.75) is 20.3 Å². The van der Waals surface area contributed by atoms with Crippen LogP contribution in [0.25, 0.3) is 0 Å². The van der Waals surface area contributed by atoms with Crippen molar-refractivity contribution in [3.8, 4) is 0 Å². The van der Waals surface area contributed by atoms with Crippen LogP contribution < -0.4 is 10.6 Å². The monoisotopic (exact) mass is 319 g/mol. The predicted molar refractivity (Wildman–Crippen MR) is 89.6 cm³/mol. The van der Waals surface area contributed by atoms with Gasteiger partial charge in [-0.05, 0) is 30.5 Å². The fourth-order valence-corrected chi connectivity index (χ4v) is 2.45. The zero-order valence-electron chi connectivity index (χ0n) is 13.8. The van der Waals surface area contributed by atoms with Crippen LogP contribution >= 0.6 is 0 Å². The van der Waals surface area contributed by atoms with Crippen molar-refractivity contribution >= 4 is 17.6 Å². The van der Waals surface area contributed by atoms with Crippen molar-refractivity contribution in [1.29, 1.82) is 0 Å². The van der Waals surface area contributed by atoms with Crippen molar-refractivity contribution in [2.75, 3.05) is 38.2 Å². The largest absolute Gasteiger partial charge is 0.379 e. The number of nitrogens with one attached hydrogen (secondary N) is 2. The van der Waals surface area contributed by atoms with Gasteiger partial charge < -0.3 is 20.3 Å². The summed E-state index contributed by atoms with van der Waals surface area (Å²) in [6.07, 6.45) is 0.886. The first-order chi connectivity index (χ1) is 11.1. The molecule has 1 fully saturated rings. The fourth-order valence-electron chi connectivity index (χ4n) is 2.45. The maximum Gasteiger partial charge on any atom is 0.321 e. The average molecular weight is 319 g/mol. The molecule has 1 saturated heterocycles. The molecule has 2 N–H and O–H groups in total. The van der Waals surface area contributed by atoms with Gasteiger partial charge in [0, 0.05) is 30.9 Å². The van der Waals surface area contributed by atoms with E-state index in [2.05, 4.69) is 17.6 Å². The van der Waals surface area contributed by atoms with Crippen LogP contribution in [-0.2, 0) is 4.74 Å². The summed E-state index contributed by atoms with van der Waals surface area (Å²) in [5, 5.41) is 5.69. The molecule has 1 aliphatic heterocycles. The van der Waals surface area contributed by atoms with E-state index in [1.165, 1.54) is 0 Å². The number of anilines is 1. The summed E-state index contributed by atoms with van der Waals surface area (Å²) >= 11 is 0. The minimum Gasteiger partial charge on any atom is -0.379 e. The van der Waals surface area contributed by atoms with Crippen LogP contribution in [0.5, 0.6) is 0 Å². The van der Waals surface area contributed by atoms with Crippen molar-refractivity contribution in [1.82, 2.24) is 10.2 Å². The van der Waals surface area contributed by atoms with Gasteiger partial charge in [-0.25, -0.2) is 4.79 Å². The molecule has 3 amide bonds. The summed E-state index contributed by atoms with van der Waals surface area (Å²) in [6.45, 7) is 7.18. The van der Waals surface area contributed by atoms with Gasteiger partial charge in [0.1, 0.15) is 0 Å². The first kappa shape index (κ1) is 17.3. The Kier molecular flexibility index (Phi) is 6.40. The molecule has 6 heteroatoms. The maximum atomic E-state index is 12.4. The summed E-state index contributed by atoms with van der Waals surface area (Å²) in [5.41, 5.74) is 1.17. The normalized spacial score (nSPS) is 18.2. The molecule has 1 aromatic rings. The number of hydrogen-bond acceptors (Lipinski definition) is 3. The Hall–Kier alpha value is -2.08. The molecule has 0 radical (unpaired) electrons. The molecule has 1 aromatic carbocycles. The Labute approximate surface area is 137 Å². The van der Waals surface area contributed by atoms with Gasteiger partial charge in [-0.3, -0.25) is 4.79 Å². The van der Waals surface area contributed by atoms with Crippen molar-refractivity contribution in [3.05, 3.63) is 29.8 Å². The van der Waals surface area contributed by atoms with Gasteiger partial charge in [0.25, 0.3) is 5.91 Å². The lowest BCUT2D eigenvalue weighted by atomic mass is 10.2. The van der Waals surface area contributed by atoms with Crippen LogP contribution in [0.15, 0.2) is 24.3 Å². The van der Waals surface area contributed by atoms with Gasteiger partial charge in [-0.1, -0.05) is 19.9 Å². The highest BCUT2D eigenvalue weighted by atomic mass is 16.5. The number of rotatable bonds is 4. The second kappa shape index (κ2) is 8.53. The average Bonchev–Trinajstić information content (AvgIpc) is 2.77. The summed E-state index contributed by atoms with van der Waals surface area (Å²) < 4.78 is 5.45. The highest BCUT2D eigenvalue weighted by Gasteiger charge is 2.20. The number of urea groups is 1. The van der Waals surface area contributed by atoms with Crippen molar-refractivity contribution < 1.29 is 14.3 Å². The van der Waals surface area contributed by atoms with Gasteiger partial charge >= 0.3 is 6.03 Å². The van der Waals surface area contributed by atoms with Crippen LogP contribution in [0.3, 0.4) is 0 Å². The molecule has 0 aromatic heterocycles. The van der Waals surface area contributed by atoms with E-state index in [9.17, 15) is 9.59 Å². The number of carbonyl (C=O) groups excluding carboxylic acids is 2. The Morgan fingerprint density at radius 2 is 2.22 bits per heavy atom. The van der Waals surface area contributed by atoms with E-state index in [1.54, 1.807) is 29.2 Å². The number of nitrogens with zero attached hydrogens (tertiary/aromatic N) is 1. The number of benzene rings is 1. The highest BCUT2D eigenvalue weighted by molar-refractivity contribution is 5.96. The van der Waals surface area contributed by atoms with Crippen LogP contribution in [0.2, 0.25) is 0 Å². The Balaban J connectivity index is 1.99. The Morgan fingerprint density at radius 1 is 1.39 bits per heavy atom. The zero-order valence-corrected chi connectivity index (χ0v) is 13.8. The summed E-state index contributed by atoms with van der Waals surface area (Å²) in [5.74, 6) is 0.189. The molecule has 1 heterocycles. The van der Waals surface area contributed by atoms with Gasteiger partial charge in [0.2, 0.25) is 0 Å². The third kappa shape index (κ3) is 5.25. The molecule has 23 heavy (non-hydrogen) atoms. The molecule has 1 unspecified atom stereocenters. The van der Waals surface area contributed by atoms with Crippen LogP contribution in [0, 0.1) is 5.92 Å². The molecular formula is C17H25N3O3. The van der Waals surface area contributed by atoms with E-state index in [0.29, 0.717) is 50.0 Å². The molecule has 0 spiro atoms. The molecule has 1 atom stereocenters. The quantitative estimate of drug-likeness (QED) is 0.895. The SMILES string of the molecule is CCCNC(=O)c1cccc(NC(=O)N2CCOCC(C)C2)c1. The summed E-state index contributed by atoms with van der Waals surface area (Å²) in [4.78, 5) is 26.1. The lowest BCUT2D eigenvalue weighted by Crippen LogP contribution is -2.38. The zero-order chi connectivity index (χ0) is 16.7. The Morgan fingerprint density at radius 3 is 3.00 bits per heavy atom. The number of amides is 3. The second-order valence-electron chi connectivity index (χ2n) is 5.89. The number of ether oxygens (including phenoxy) is 1. The van der Waals surface area contributed by atoms with Crippen LogP contribution in [0.4, 0.5) is 10.5 Å². The van der Waals surface area contributed by atoms with Crippen LogP contribution in [0.1, 0.15) is 30.6 Å². The standard InChI is InChI=1S/C17H25N3O3/c1-3-7-18-16(21)14-5-4-6-15(10-14)19-17(22)20-8-9-23-12-13(2)11-20/h4-6,10,13H,3,7-9,11-12H2,1-2H3,(H,18,21)(H,19,22). The Bertz CT molecular complexity index is 548. The lowest BCUT2D eigenvalue weighted by Gasteiger charge is -2.22. The molecular weight excluding hydrogens is 294 g/mol. The smallest absolute Gasteiger partial charge is 0.321 e. The second-order valence-corrected chi connectivity index (χ2v) is 5.89. The van der Waals surface area contributed by atoms with E-state index in [0.717, 1.165) is 6.42 Å². The molecule has 0 saturated carbocycles. The molecule has 0 bridgehead atoms. The first-order valence-corrected chi connectivity index (χ1v) is 8.12. The minimum absolute atomic E-state index is 0.125.